The fourth-order valence-electron chi connectivity index (χ4n) is 1.58. The van der Waals surface area contributed by atoms with Crippen LogP contribution in [0.3, 0.4) is 0 Å². The van der Waals surface area contributed by atoms with Gasteiger partial charge in [0.2, 0.25) is 5.89 Å². The number of benzene rings is 1. The van der Waals surface area contributed by atoms with E-state index in [1.165, 1.54) is 6.07 Å². The smallest absolute Gasteiger partial charge is 0.226 e. The summed E-state index contributed by atoms with van der Waals surface area (Å²) in [6.07, 6.45) is 1.62. The monoisotopic (exact) mass is 235 g/mol. The number of halogens is 1. The van der Waals surface area contributed by atoms with Gasteiger partial charge in [-0.15, -0.1) is 0 Å². The summed E-state index contributed by atoms with van der Waals surface area (Å²) < 4.78 is 18.5. The summed E-state index contributed by atoms with van der Waals surface area (Å²) in [7, 11) is 0. The Labute approximate surface area is 98.6 Å². The van der Waals surface area contributed by atoms with Crippen LogP contribution in [0.2, 0.25) is 0 Å². The largest absolute Gasteiger partial charge is 0.339 e. The molecule has 1 heterocycles. The number of hydrogen-bond donors (Lipinski definition) is 1. The summed E-state index contributed by atoms with van der Waals surface area (Å²) in [6.45, 7) is 2.01. The summed E-state index contributed by atoms with van der Waals surface area (Å²) in [6, 6.07) is 5.64. The summed E-state index contributed by atoms with van der Waals surface area (Å²) in [5, 5.41) is 3.77. The Morgan fingerprint density at radius 1 is 1.41 bits per heavy atom. The molecule has 1 aromatic heterocycles. The Kier molecular flexibility index (Phi) is 3.49. The van der Waals surface area contributed by atoms with Crippen molar-refractivity contribution >= 4 is 0 Å². The molecule has 0 saturated carbocycles. The molecular weight excluding hydrogens is 221 g/mol. The number of rotatable bonds is 4. The molecule has 2 rings (SSSR count). The van der Waals surface area contributed by atoms with E-state index in [-0.39, 0.29) is 5.82 Å². The van der Waals surface area contributed by atoms with E-state index in [9.17, 15) is 4.39 Å². The molecule has 17 heavy (non-hydrogen) atoms. The van der Waals surface area contributed by atoms with Gasteiger partial charge >= 0.3 is 0 Å². The fourth-order valence-corrected chi connectivity index (χ4v) is 1.58. The second-order valence-electron chi connectivity index (χ2n) is 3.80. The van der Waals surface area contributed by atoms with E-state index in [0.717, 1.165) is 6.42 Å². The maximum absolute atomic E-state index is 13.5. The zero-order valence-corrected chi connectivity index (χ0v) is 9.56. The molecule has 0 amide bonds. The van der Waals surface area contributed by atoms with Gasteiger partial charge in [0.05, 0.1) is 6.04 Å². The topological polar surface area (TPSA) is 64.9 Å². The highest BCUT2D eigenvalue weighted by molar-refractivity contribution is 5.25. The fraction of sp³-hybridized carbons (Fsp3) is 0.333. The first-order chi connectivity index (χ1) is 8.22. The molecule has 0 aliphatic heterocycles. The number of nitrogens with zero attached hydrogens (tertiary/aromatic N) is 2. The third-order valence-corrected chi connectivity index (χ3v) is 2.47. The standard InChI is InChI=1S/C12H14FN3O/c1-2-5-10-15-12(16-17-10)11(14)8-6-3-4-7-9(8)13/h3-4,6-7,11H,2,5,14H2,1H3. The van der Waals surface area contributed by atoms with Gasteiger partial charge in [-0.3, -0.25) is 0 Å². The van der Waals surface area contributed by atoms with Gasteiger partial charge in [-0.2, -0.15) is 4.98 Å². The predicted molar refractivity (Wildman–Crippen MR) is 60.7 cm³/mol. The van der Waals surface area contributed by atoms with Gasteiger partial charge < -0.3 is 10.3 Å². The second-order valence-corrected chi connectivity index (χ2v) is 3.80. The van der Waals surface area contributed by atoms with Crippen LogP contribution in [0.5, 0.6) is 0 Å². The first-order valence-corrected chi connectivity index (χ1v) is 5.55. The molecule has 90 valence electrons. The Morgan fingerprint density at radius 2 is 2.18 bits per heavy atom. The van der Waals surface area contributed by atoms with Crippen LogP contribution < -0.4 is 5.73 Å². The highest BCUT2D eigenvalue weighted by atomic mass is 19.1. The molecule has 0 aliphatic rings. The molecule has 0 fully saturated rings. The van der Waals surface area contributed by atoms with Crippen LogP contribution in [0.25, 0.3) is 0 Å². The predicted octanol–water partition coefficient (Wildman–Crippen LogP) is 2.21. The second kappa shape index (κ2) is 5.05. The lowest BCUT2D eigenvalue weighted by molar-refractivity contribution is 0.370. The molecule has 4 nitrogen and oxygen atoms in total. The lowest BCUT2D eigenvalue weighted by atomic mass is 10.1. The average Bonchev–Trinajstić information content (AvgIpc) is 2.78. The Morgan fingerprint density at radius 3 is 2.88 bits per heavy atom. The summed E-state index contributed by atoms with van der Waals surface area (Å²) >= 11 is 0. The zero-order valence-electron chi connectivity index (χ0n) is 9.56. The van der Waals surface area contributed by atoms with Gasteiger partial charge in [-0.25, -0.2) is 4.39 Å². The molecule has 0 spiro atoms. The lowest BCUT2D eigenvalue weighted by Crippen LogP contribution is -2.15. The molecule has 0 radical (unpaired) electrons. The SMILES string of the molecule is CCCc1nc(C(N)c2ccccc2F)no1. The van der Waals surface area contributed by atoms with E-state index >= 15 is 0 Å². The normalized spacial score (nSPS) is 12.6. The van der Waals surface area contributed by atoms with E-state index in [1.807, 2.05) is 6.92 Å². The summed E-state index contributed by atoms with van der Waals surface area (Å²) in [4.78, 5) is 4.15. The van der Waals surface area contributed by atoms with Crippen LogP contribution in [-0.2, 0) is 6.42 Å². The molecule has 1 unspecified atom stereocenters. The van der Waals surface area contributed by atoms with Crippen molar-refractivity contribution < 1.29 is 8.91 Å². The highest BCUT2D eigenvalue weighted by Crippen LogP contribution is 2.19. The number of aromatic nitrogens is 2. The van der Waals surface area contributed by atoms with Crippen LogP contribution in [0.15, 0.2) is 28.8 Å². The summed E-state index contributed by atoms with van der Waals surface area (Å²) in [5.74, 6) is 0.495. The van der Waals surface area contributed by atoms with Gasteiger partial charge in [0.15, 0.2) is 5.82 Å². The molecular formula is C12H14FN3O. The van der Waals surface area contributed by atoms with Crippen LogP contribution in [0, 0.1) is 5.82 Å². The maximum atomic E-state index is 13.5. The Balaban J connectivity index is 2.24. The van der Waals surface area contributed by atoms with Crippen molar-refractivity contribution in [2.45, 2.75) is 25.8 Å². The minimum atomic E-state index is -0.689. The number of aryl methyl sites for hydroxylation is 1. The molecule has 2 N–H and O–H groups in total. The van der Waals surface area contributed by atoms with Crippen molar-refractivity contribution in [3.63, 3.8) is 0 Å². The lowest BCUT2D eigenvalue weighted by Gasteiger charge is -2.07. The van der Waals surface area contributed by atoms with E-state index in [2.05, 4.69) is 10.1 Å². The van der Waals surface area contributed by atoms with E-state index in [1.54, 1.807) is 18.2 Å². The van der Waals surface area contributed by atoms with Gasteiger partial charge in [0.1, 0.15) is 5.82 Å². The maximum Gasteiger partial charge on any atom is 0.226 e. The van der Waals surface area contributed by atoms with Crippen LogP contribution in [0.4, 0.5) is 4.39 Å². The van der Waals surface area contributed by atoms with Crippen LogP contribution in [0.1, 0.15) is 36.7 Å². The van der Waals surface area contributed by atoms with Crippen molar-refractivity contribution in [1.82, 2.24) is 10.1 Å². The number of hydrogen-bond acceptors (Lipinski definition) is 4. The minimum Gasteiger partial charge on any atom is -0.339 e. The third kappa shape index (κ3) is 2.50. The van der Waals surface area contributed by atoms with Gasteiger partial charge in [-0.1, -0.05) is 30.3 Å². The highest BCUT2D eigenvalue weighted by Gasteiger charge is 2.18. The molecule has 0 bridgehead atoms. The Bertz CT molecular complexity index is 498. The third-order valence-electron chi connectivity index (χ3n) is 2.47. The Hall–Kier alpha value is -1.75. The van der Waals surface area contributed by atoms with Crippen molar-refractivity contribution in [3.8, 4) is 0 Å². The van der Waals surface area contributed by atoms with Gasteiger partial charge in [0, 0.05) is 12.0 Å². The van der Waals surface area contributed by atoms with Gasteiger partial charge in [0.25, 0.3) is 0 Å². The first kappa shape index (κ1) is 11.7. The average molecular weight is 235 g/mol. The first-order valence-electron chi connectivity index (χ1n) is 5.55. The van der Waals surface area contributed by atoms with Crippen molar-refractivity contribution in [2.24, 2.45) is 5.73 Å². The quantitative estimate of drug-likeness (QED) is 0.882. The molecule has 1 atom stereocenters. The van der Waals surface area contributed by atoms with Gasteiger partial charge in [-0.05, 0) is 12.5 Å². The van der Waals surface area contributed by atoms with E-state index in [0.29, 0.717) is 23.7 Å². The summed E-state index contributed by atoms with van der Waals surface area (Å²) in [5.41, 5.74) is 6.27. The van der Waals surface area contributed by atoms with E-state index in [4.69, 9.17) is 10.3 Å². The van der Waals surface area contributed by atoms with Crippen molar-refractivity contribution in [2.75, 3.05) is 0 Å². The van der Waals surface area contributed by atoms with Crippen LogP contribution in [-0.4, -0.2) is 10.1 Å². The molecule has 2 aromatic rings. The molecule has 1 aromatic carbocycles. The molecule has 0 saturated heterocycles. The number of nitrogens with two attached hydrogens (primary N) is 1. The molecule has 5 heteroatoms. The van der Waals surface area contributed by atoms with Crippen molar-refractivity contribution in [3.05, 3.63) is 47.4 Å². The molecule has 0 aliphatic carbocycles. The van der Waals surface area contributed by atoms with Crippen molar-refractivity contribution in [1.29, 1.82) is 0 Å². The minimum absolute atomic E-state index is 0.318. The van der Waals surface area contributed by atoms with Crippen LogP contribution >= 0.6 is 0 Å². The van der Waals surface area contributed by atoms with E-state index < -0.39 is 6.04 Å². The zero-order chi connectivity index (χ0) is 12.3.